The molecule has 0 heterocycles. The van der Waals surface area contributed by atoms with Gasteiger partial charge in [-0.25, -0.2) is 0 Å². The van der Waals surface area contributed by atoms with Crippen LogP contribution in [0, 0.1) is 9.49 Å². The lowest BCUT2D eigenvalue weighted by Gasteiger charge is -2.30. The van der Waals surface area contributed by atoms with Crippen LogP contribution in [-0.2, 0) is 0 Å². The average Bonchev–Trinajstić information content (AvgIpc) is 2.48. The van der Waals surface area contributed by atoms with Gasteiger partial charge in [0.15, 0.2) is 0 Å². The fourth-order valence-electron chi connectivity index (χ4n) is 3.01. The van der Waals surface area contributed by atoms with Crippen LogP contribution in [0.3, 0.4) is 0 Å². The summed E-state index contributed by atoms with van der Waals surface area (Å²) in [5.41, 5.74) is 0.687. The molecule has 110 valence electrons. The summed E-state index contributed by atoms with van der Waals surface area (Å²) >= 11 is 8.18. The topological polar surface area (TPSA) is 29.1 Å². The molecule has 1 aromatic carbocycles. The van der Waals surface area contributed by atoms with E-state index in [1.54, 1.807) is 6.07 Å². The lowest BCUT2D eigenvalue weighted by molar-refractivity contribution is 0.0910. The Hall–Kier alpha value is -0.290. The first-order chi connectivity index (χ1) is 9.61. The molecule has 0 saturated heterocycles. The highest BCUT2D eigenvalue weighted by Gasteiger charge is 2.24. The van der Waals surface area contributed by atoms with Gasteiger partial charge in [0.1, 0.15) is 0 Å². The number of benzene rings is 1. The summed E-state index contributed by atoms with van der Waals surface area (Å²) in [6.07, 6.45) is 7.41. The van der Waals surface area contributed by atoms with E-state index in [0.717, 1.165) is 9.99 Å². The van der Waals surface area contributed by atoms with Gasteiger partial charge in [-0.05, 0) is 66.0 Å². The molecule has 0 bridgehead atoms. The molecule has 1 aliphatic rings. The smallest absolute Gasteiger partial charge is 0.252 e. The van der Waals surface area contributed by atoms with E-state index >= 15 is 0 Å². The Morgan fingerprint density at radius 1 is 1.40 bits per heavy atom. The van der Waals surface area contributed by atoms with Crippen molar-refractivity contribution in [3.63, 3.8) is 0 Å². The molecule has 1 aliphatic carbocycles. The number of hydrogen-bond acceptors (Lipinski definition) is 1. The molecule has 1 amide bonds. The van der Waals surface area contributed by atoms with Gasteiger partial charge in [-0.3, -0.25) is 4.79 Å². The first kappa shape index (κ1) is 16.1. The molecule has 1 N–H and O–H groups in total. The number of carbonyl (C=O) groups excluding carboxylic acids is 1. The molecular formula is C16H21ClINO. The molecule has 1 atom stereocenters. The minimum atomic E-state index is 0.00863. The monoisotopic (exact) mass is 405 g/mol. The molecule has 1 unspecified atom stereocenters. The van der Waals surface area contributed by atoms with Gasteiger partial charge < -0.3 is 5.32 Å². The van der Waals surface area contributed by atoms with E-state index in [4.69, 9.17) is 11.6 Å². The van der Waals surface area contributed by atoms with Crippen LogP contribution in [-0.4, -0.2) is 11.9 Å². The van der Waals surface area contributed by atoms with Gasteiger partial charge >= 0.3 is 0 Å². The van der Waals surface area contributed by atoms with E-state index in [1.807, 2.05) is 12.1 Å². The van der Waals surface area contributed by atoms with Gasteiger partial charge in [0, 0.05) is 14.6 Å². The molecule has 2 rings (SSSR count). The zero-order valence-corrected chi connectivity index (χ0v) is 14.7. The van der Waals surface area contributed by atoms with E-state index in [9.17, 15) is 4.79 Å². The van der Waals surface area contributed by atoms with Crippen molar-refractivity contribution in [1.82, 2.24) is 5.32 Å². The van der Waals surface area contributed by atoms with Gasteiger partial charge in [0.25, 0.3) is 5.91 Å². The number of hydrogen-bond donors (Lipinski definition) is 1. The van der Waals surface area contributed by atoms with E-state index in [-0.39, 0.29) is 11.9 Å². The van der Waals surface area contributed by atoms with Crippen LogP contribution in [0.2, 0.25) is 5.02 Å². The van der Waals surface area contributed by atoms with Crippen LogP contribution in [0.5, 0.6) is 0 Å². The third kappa shape index (κ3) is 4.10. The Morgan fingerprint density at radius 3 is 2.75 bits per heavy atom. The summed E-state index contributed by atoms with van der Waals surface area (Å²) < 4.78 is 0.947. The summed E-state index contributed by atoms with van der Waals surface area (Å²) in [5, 5.41) is 3.83. The van der Waals surface area contributed by atoms with Crippen LogP contribution < -0.4 is 5.32 Å². The van der Waals surface area contributed by atoms with Gasteiger partial charge in [0.2, 0.25) is 0 Å². The zero-order chi connectivity index (χ0) is 14.5. The van der Waals surface area contributed by atoms with Gasteiger partial charge in [0.05, 0.1) is 5.56 Å². The van der Waals surface area contributed by atoms with Crippen molar-refractivity contribution in [2.75, 3.05) is 0 Å². The lowest BCUT2D eigenvalue weighted by atomic mass is 9.83. The van der Waals surface area contributed by atoms with Crippen molar-refractivity contribution < 1.29 is 4.79 Å². The minimum absolute atomic E-state index is 0.00863. The number of carbonyl (C=O) groups is 1. The van der Waals surface area contributed by atoms with Crippen LogP contribution in [0.4, 0.5) is 0 Å². The quantitative estimate of drug-likeness (QED) is 0.699. The summed E-state index contributed by atoms with van der Waals surface area (Å²) in [6.45, 7) is 2.16. The van der Waals surface area contributed by atoms with Crippen LogP contribution in [0.15, 0.2) is 18.2 Å². The summed E-state index contributed by atoms with van der Waals surface area (Å²) in [5.74, 6) is 0.642. The number of halogens is 2. The fraction of sp³-hybridized carbons (Fsp3) is 0.562. The number of rotatable bonds is 4. The predicted octanol–water partition coefficient (Wildman–Crippen LogP) is 5.03. The second kappa shape index (κ2) is 7.64. The second-order valence-electron chi connectivity index (χ2n) is 5.51. The Kier molecular flexibility index (Phi) is 6.15. The van der Waals surface area contributed by atoms with E-state index in [1.165, 1.54) is 32.1 Å². The van der Waals surface area contributed by atoms with Crippen LogP contribution in [0.25, 0.3) is 0 Å². The molecule has 4 heteroatoms. The minimum Gasteiger partial charge on any atom is -0.349 e. The maximum absolute atomic E-state index is 12.5. The predicted molar refractivity (Wildman–Crippen MR) is 92.3 cm³/mol. The molecule has 1 aromatic rings. The van der Waals surface area contributed by atoms with Crippen molar-refractivity contribution in [3.05, 3.63) is 32.4 Å². The maximum Gasteiger partial charge on any atom is 0.252 e. The maximum atomic E-state index is 12.5. The first-order valence-electron chi connectivity index (χ1n) is 7.37. The molecule has 2 nitrogen and oxygen atoms in total. The Morgan fingerprint density at radius 2 is 2.10 bits per heavy atom. The summed E-state index contributed by atoms with van der Waals surface area (Å²) in [7, 11) is 0. The van der Waals surface area contributed by atoms with E-state index in [0.29, 0.717) is 16.5 Å². The molecule has 0 aromatic heterocycles. The van der Waals surface area contributed by atoms with Gasteiger partial charge in [-0.2, -0.15) is 0 Å². The molecular weight excluding hydrogens is 385 g/mol. The molecule has 1 fully saturated rings. The van der Waals surface area contributed by atoms with E-state index in [2.05, 4.69) is 34.8 Å². The second-order valence-corrected chi connectivity index (χ2v) is 7.11. The zero-order valence-electron chi connectivity index (χ0n) is 11.8. The standard InChI is InChI=1S/C16H21ClINO/c1-2-15(11-6-4-3-5-7-11)19-16(20)13-10-12(17)8-9-14(13)18/h8-11,15H,2-7H2,1H3,(H,19,20). The highest BCUT2D eigenvalue weighted by Crippen LogP contribution is 2.28. The molecule has 0 spiro atoms. The van der Waals surface area contributed by atoms with Crippen molar-refractivity contribution in [3.8, 4) is 0 Å². The summed E-state index contributed by atoms with van der Waals surface area (Å²) in [6, 6.07) is 5.75. The van der Waals surface area contributed by atoms with Crippen molar-refractivity contribution in [1.29, 1.82) is 0 Å². The largest absolute Gasteiger partial charge is 0.349 e. The fourth-order valence-corrected chi connectivity index (χ4v) is 3.76. The first-order valence-corrected chi connectivity index (χ1v) is 8.83. The Balaban J connectivity index is 2.06. The third-order valence-corrected chi connectivity index (χ3v) is 5.32. The van der Waals surface area contributed by atoms with Crippen LogP contribution in [0.1, 0.15) is 55.8 Å². The summed E-state index contributed by atoms with van der Waals surface area (Å²) in [4.78, 5) is 12.5. The molecule has 20 heavy (non-hydrogen) atoms. The molecule has 0 radical (unpaired) electrons. The SMILES string of the molecule is CCC(NC(=O)c1cc(Cl)ccc1I)C1CCCCC1. The third-order valence-electron chi connectivity index (χ3n) is 4.15. The normalized spacial score (nSPS) is 17.8. The van der Waals surface area contributed by atoms with Crippen LogP contribution >= 0.6 is 34.2 Å². The number of nitrogens with one attached hydrogen (secondary N) is 1. The molecule has 0 aliphatic heterocycles. The average molecular weight is 406 g/mol. The van der Waals surface area contributed by atoms with Gasteiger partial charge in [-0.1, -0.05) is 37.8 Å². The highest BCUT2D eigenvalue weighted by atomic mass is 127. The Bertz CT molecular complexity index is 472. The van der Waals surface area contributed by atoms with Crippen molar-refractivity contribution >= 4 is 40.1 Å². The van der Waals surface area contributed by atoms with E-state index < -0.39 is 0 Å². The van der Waals surface area contributed by atoms with Gasteiger partial charge in [-0.15, -0.1) is 0 Å². The lowest BCUT2D eigenvalue weighted by Crippen LogP contribution is -2.40. The van der Waals surface area contributed by atoms with Crippen molar-refractivity contribution in [2.24, 2.45) is 5.92 Å². The van der Waals surface area contributed by atoms with Crippen molar-refractivity contribution in [2.45, 2.75) is 51.5 Å². The Labute approximate surface area is 139 Å². The number of amides is 1. The molecule has 1 saturated carbocycles. The highest BCUT2D eigenvalue weighted by molar-refractivity contribution is 14.1.